The number of ether oxygens (including phenoxy) is 1. The molecule has 1 rings (SSSR count). The predicted molar refractivity (Wildman–Crippen MR) is 67.2 cm³/mol. The molecule has 0 bridgehead atoms. The second kappa shape index (κ2) is 7.07. The number of H-pyrrole nitrogens is 1. The molecule has 0 aliphatic carbocycles. The van der Waals surface area contributed by atoms with Crippen molar-refractivity contribution in [3.05, 3.63) is 34.2 Å². The quantitative estimate of drug-likeness (QED) is 0.604. The number of carboxylic acids is 1. The maximum Gasteiger partial charge on any atom is 0.326 e. The van der Waals surface area contributed by atoms with Crippen molar-refractivity contribution in [1.29, 1.82) is 0 Å². The fourth-order valence-corrected chi connectivity index (χ4v) is 1.46. The smallest absolute Gasteiger partial charge is 0.326 e. The Morgan fingerprint density at radius 3 is 2.70 bits per heavy atom. The van der Waals surface area contributed by atoms with Crippen LogP contribution in [0.3, 0.4) is 0 Å². The monoisotopic (exact) mass is 282 g/mol. The van der Waals surface area contributed by atoms with Gasteiger partial charge in [-0.25, -0.2) is 4.79 Å². The highest BCUT2D eigenvalue weighted by Crippen LogP contribution is 2.01. The Balaban J connectivity index is 2.74. The first kappa shape index (κ1) is 15.4. The number of carbonyl (C=O) groups is 3. The molecule has 8 nitrogen and oxygen atoms in total. The maximum absolute atomic E-state index is 11.8. The number of amides is 1. The van der Waals surface area contributed by atoms with Gasteiger partial charge in [0, 0.05) is 12.6 Å². The van der Waals surface area contributed by atoms with Gasteiger partial charge >= 0.3 is 11.9 Å². The fourth-order valence-electron chi connectivity index (χ4n) is 1.46. The van der Waals surface area contributed by atoms with Crippen LogP contribution in [-0.4, -0.2) is 41.1 Å². The van der Waals surface area contributed by atoms with Gasteiger partial charge in [-0.1, -0.05) is 0 Å². The van der Waals surface area contributed by atoms with Crippen molar-refractivity contribution in [2.45, 2.75) is 18.9 Å². The fraction of sp³-hybridized carbons (Fsp3) is 0.333. The number of hydrogen-bond donors (Lipinski definition) is 3. The van der Waals surface area contributed by atoms with Gasteiger partial charge in [0.15, 0.2) is 0 Å². The number of carboxylic acid groups (broad SMARTS) is 1. The zero-order chi connectivity index (χ0) is 15.1. The van der Waals surface area contributed by atoms with Crippen molar-refractivity contribution in [2.75, 3.05) is 7.11 Å². The number of rotatable bonds is 6. The molecule has 1 aromatic heterocycles. The molecule has 0 saturated carbocycles. The number of hydrogen-bond acceptors (Lipinski definition) is 5. The predicted octanol–water partition coefficient (Wildman–Crippen LogP) is -0.489. The molecule has 108 valence electrons. The van der Waals surface area contributed by atoms with Gasteiger partial charge < -0.3 is 20.1 Å². The molecule has 0 aromatic carbocycles. The number of carbonyl (C=O) groups excluding carboxylic acids is 2. The molecule has 1 aromatic rings. The molecule has 3 N–H and O–H groups in total. The Morgan fingerprint density at radius 2 is 2.15 bits per heavy atom. The van der Waals surface area contributed by atoms with Crippen LogP contribution in [0.4, 0.5) is 0 Å². The van der Waals surface area contributed by atoms with Crippen LogP contribution < -0.4 is 10.9 Å². The first-order chi connectivity index (χ1) is 9.45. The highest BCUT2D eigenvalue weighted by molar-refractivity contribution is 5.96. The molecule has 1 heterocycles. The van der Waals surface area contributed by atoms with Crippen LogP contribution in [-0.2, 0) is 14.3 Å². The summed E-state index contributed by atoms with van der Waals surface area (Å²) in [6.45, 7) is 0. The second-order valence-corrected chi connectivity index (χ2v) is 3.89. The zero-order valence-electron chi connectivity index (χ0n) is 10.7. The van der Waals surface area contributed by atoms with E-state index in [1.165, 1.54) is 25.4 Å². The van der Waals surface area contributed by atoms with Gasteiger partial charge in [0.25, 0.3) is 11.5 Å². The summed E-state index contributed by atoms with van der Waals surface area (Å²) in [6, 6.07) is 1.44. The van der Waals surface area contributed by atoms with Crippen molar-refractivity contribution in [1.82, 2.24) is 10.3 Å². The third-order valence-corrected chi connectivity index (χ3v) is 2.53. The van der Waals surface area contributed by atoms with E-state index in [4.69, 9.17) is 5.11 Å². The lowest BCUT2D eigenvalue weighted by Gasteiger charge is -2.13. The molecule has 0 radical (unpaired) electrons. The molecule has 0 saturated heterocycles. The normalized spacial score (nSPS) is 11.4. The van der Waals surface area contributed by atoms with E-state index in [0.29, 0.717) is 0 Å². The van der Waals surface area contributed by atoms with Gasteiger partial charge in [-0.2, -0.15) is 0 Å². The summed E-state index contributed by atoms with van der Waals surface area (Å²) in [5.74, 6) is -2.69. The van der Waals surface area contributed by atoms with Crippen molar-refractivity contribution in [3.63, 3.8) is 0 Å². The van der Waals surface area contributed by atoms with Gasteiger partial charge in [-0.05, 0) is 18.6 Å². The van der Waals surface area contributed by atoms with E-state index in [2.05, 4.69) is 15.0 Å². The summed E-state index contributed by atoms with van der Waals surface area (Å²) in [6.07, 6.45) is 1.07. The Bertz CT molecular complexity index is 565. The second-order valence-electron chi connectivity index (χ2n) is 3.89. The molecule has 20 heavy (non-hydrogen) atoms. The van der Waals surface area contributed by atoms with Crippen molar-refractivity contribution in [3.8, 4) is 0 Å². The van der Waals surface area contributed by atoms with E-state index < -0.39 is 29.4 Å². The summed E-state index contributed by atoms with van der Waals surface area (Å²) in [4.78, 5) is 47.4. The SMILES string of the molecule is COC(=O)CC[C@H](NC(=O)c1ccc[nH]c1=O)C(=O)O. The minimum Gasteiger partial charge on any atom is -0.480 e. The molecule has 0 aliphatic rings. The molecule has 1 atom stereocenters. The average molecular weight is 282 g/mol. The van der Waals surface area contributed by atoms with Gasteiger partial charge in [-0.3, -0.25) is 14.4 Å². The Kier molecular flexibility index (Phi) is 5.45. The first-order valence-corrected chi connectivity index (χ1v) is 5.74. The Hall–Kier alpha value is -2.64. The van der Waals surface area contributed by atoms with Gasteiger partial charge in [0.1, 0.15) is 11.6 Å². The van der Waals surface area contributed by atoms with Gasteiger partial charge in [-0.15, -0.1) is 0 Å². The molecule has 1 amide bonds. The van der Waals surface area contributed by atoms with Crippen LogP contribution in [0.2, 0.25) is 0 Å². The summed E-state index contributed by atoms with van der Waals surface area (Å²) >= 11 is 0. The van der Waals surface area contributed by atoms with Crippen molar-refractivity contribution in [2.24, 2.45) is 0 Å². The largest absolute Gasteiger partial charge is 0.480 e. The van der Waals surface area contributed by atoms with Crippen LogP contribution in [0.5, 0.6) is 0 Å². The van der Waals surface area contributed by atoms with E-state index >= 15 is 0 Å². The van der Waals surface area contributed by atoms with Crippen LogP contribution >= 0.6 is 0 Å². The van der Waals surface area contributed by atoms with E-state index in [-0.39, 0.29) is 18.4 Å². The van der Waals surface area contributed by atoms with Crippen LogP contribution in [0, 0.1) is 0 Å². The van der Waals surface area contributed by atoms with Gasteiger partial charge in [0.2, 0.25) is 0 Å². The summed E-state index contributed by atoms with van der Waals surface area (Å²) in [7, 11) is 1.18. The number of esters is 1. The number of aromatic nitrogens is 1. The topological polar surface area (TPSA) is 126 Å². The summed E-state index contributed by atoms with van der Waals surface area (Å²) < 4.78 is 4.39. The van der Waals surface area contributed by atoms with Crippen LogP contribution in [0.15, 0.2) is 23.1 Å². The highest BCUT2D eigenvalue weighted by atomic mass is 16.5. The van der Waals surface area contributed by atoms with Crippen molar-refractivity contribution < 1.29 is 24.2 Å². The Morgan fingerprint density at radius 1 is 1.45 bits per heavy atom. The number of nitrogens with one attached hydrogen (secondary N) is 2. The van der Waals surface area contributed by atoms with E-state index in [0.717, 1.165) is 0 Å². The lowest BCUT2D eigenvalue weighted by molar-refractivity contribution is -0.142. The average Bonchev–Trinajstić information content (AvgIpc) is 2.42. The van der Waals surface area contributed by atoms with Crippen LogP contribution in [0.25, 0.3) is 0 Å². The number of aliphatic carboxylic acids is 1. The zero-order valence-corrected chi connectivity index (χ0v) is 10.7. The van der Waals surface area contributed by atoms with E-state index in [9.17, 15) is 19.2 Å². The lowest BCUT2D eigenvalue weighted by atomic mass is 10.1. The maximum atomic E-state index is 11.8. The summed E-state index contributed by atoms with van der Waals surface area (Å²) in [5.41, 5.74) is -0.820. The molecule has 0 spiro atoms. The summed E-state index contributed by atoms with van der Waals surface area (Å²) in [5, 5.41) is 11.2. The van der Waals surface area contributed by atoms with Crippen LogP contribution in [0.1, 0.15) is 23.2 Å². The molecule has 8 heteroatoms. The molecule has 0 unspecified atom stereocenters. The minimum atomic E-state index is -1.30. The highest BCUT2D eigenvalue weighted by Gasteiger charge is 2.22. The van der Waals surface area contributed by atoms with E-state index in [1.54, 1.807) is 0 Å². The minimum absolute atomic E-state index is 0.127. The molecule has 0 aliphatic heterocycles. The number of methoxy groups -OCH3 is 1. The third kappa shape index (κ3) is 4.23. The van der Waals surface area contributed by atoms with Gasteiger partial charge in [0.05, 0.1) is 7.11 Å². The molecule has 0 fully saturated rings. The van der Waals surface area contributed by atoms with Crippen molar-refractivity contribution >= 4 is 17.8 Å². The molecular formula is C12H14N2O6. The first-order valence-electron chi connectivity index (χ1n) is 5.74. The Labute approximate surface area is 113 Å². The molecular weight excluding hydrogens is 268 g/mol. The third-order valence-electron chi connectivity index (χ3n) is 2.53. The van der Waals surface area contributed by atoms with E-state index in [1.807, 2.05) is 0 Å². The number of pyridine rings is 1. The number of aromatic amines is 1. The lowest BCUT2D eigenvalue weighted by Crippen LogP contribution is -2.42. The standard InChI is InChI=1S/C12H14N2O6/c1-20-9(15)5-4-8(12(18)19)14-11(17)7-3-2-6-13-10(7)16/h2-3,6,8H,4-5H2,1H3,(H,13,16)(H,14,17)(H,18,19)/t8-/m0/s1.